The third-order valence-electron chi connectivity index (χ3n) is 2.56. The van der Waals surface area contributed by atoms with Gasteiger partial charge in [0.05, 0.1) is 5.02 Å². The first kappa shape index (κ1) is 11.9. The smallest absolute Gasteiger partial charge is 0.372 e. The van der Waals surface area contributed by atoms with Gasteiger partial charge in [-0.2, -0.15) is 0 Å². The highest BCUT2D eigenvalue weighted by molar-refractivity contribution is 6.31. The van der Waals surface area contributed by atoms with Crippen LogP contribution in [0.15, 0.2) is 16.5 Å². The molecule has 3 nitrogen and oxygen atoms in total. The van der Waals surface area contributed by atoms with Gasteiger partial charge >= 0.3 is 5.97 Å². The lowest BCUT2D eigenvalue weighted by Crippen LogP contribution is -2.00. The fourth-order valence-corrected chi connectivity index (χ4v) is 2.00. The Morgan fingerprint density at radius 1 is 1.47 bits per heavy atom. The maximum atomic E-state index is 13.7. The van der Waals surface area contributed by atoms with Crippen LogP contribution in [0.2, 0.25) is 5.02 Å². The summed E-state index contributed by atoms with van der Waals surface area (Å²) in [6.45, 7) is 3.65. The highest BCUT2D eigenvalue weighted by Crippen LogP contribution is 2.35. The summed E-state index contributed by atoms with van der Waals surface area (Å²) in [4.78, 5) is 11.0. The second-order valence-electron chi connectivity index (χ2n) is 4.04. The lowest BCUT2D eigenvalue weighted by atomic mass is 9.99. The molecule has 5 heteroatoms. The van der Waals surface area contributed by atoms with E-state index in [-0.39, 0.29) is 22.3 Å². The molecule has 0 atom stereocenters. The number of aromatic carboxylic acids is 1. The Labute approximate surface area is 102 Å². The van der Waals surface area contributed by atoms with Gasteiger partial charge in [-0.3, -0.25) is 0 Å². The molecule has 1 heterocycles. The predicted molar refractivity (Wildman–Crippen MR) is 62.2 cm³/mol. The van der Waals surface area contributed by atoms with Crippen LogP contribution in [0.1, 0.15) is 35.9 Å². The number of hydrogen-bond acceptors (Lipinski definition) is 2. The molecule has 2 aromatic rings. The molecular weight excluding hydrogens is 247 g/mol. The minimum Gasteiger partial charge on any atom is -0.475 e. The van der Waals surface area contributed by atoms with Crippen LogP contribution in [0, 0.1) is 5.82 Å². The molecule has 1 aromatic carbocycles. The average molecular weight is 257 g/mol. The summed E-state index contributed by atoms with van der Waals surface area (Å²) in [5, 5.41) is 9.40. The van der Waals surface area contributed by atoms with E-state index in [1.54, 1.807) is 6.07 Å². The van der Waals surface area contributed by atoms with Crippen molar-refractivity contribution in [2.75, 3.05) is 0 Å². The van der Waals surface area contributed by atoms with Gasteiger partial charge in [-0.15, -0.1) is 0 Å². The molecule has 0 amide bonds. The molecule has 0 bridgehead atoms. The molecule has 0 aliphatic carbocycles. The van der Waals surface area contributed by atoms with E-state index in [0.717, 1.165) is 0 Å². The summed E-state index contributed by atoms with van der Waals surface area (Å²) in [6, 6.07) is 2.97. The Morgan fingerprint density at radius 2 is 2.12 bits per heavy atom. The van der Waals surface area contributed by atoms with Crippen LogP contribution in [0.4, 0.5) is 4.39 Å². The topological polar surface area (TPSA) is 50.4 Å². The number of hydrogen-bond donors (Lipinski definition) is 1. The molecule has 1 aromatic heterocycles. The summed E-state index contributed by atoms with van der Waals surface area (Å²) in [6.07, 6.45) is 0. The average Bonchev–Trinajstić information content (AvgIpc) is 2.63. The maximum absolute atomic E-state index is 13.7. The van der Waals surface area contributed by atoms with Crippen LogP contribution in [0.25, 0.3) is 11.0 Å². The third kappa shape index (κ3) is 1.78. The molecule has 0 unspecified atom stereocenters. The van der Waals surface area contributed by atoms with Gasteiger partial charge in [0.25, 0.3) is 0 Å². The van der Waals surface area contributed by atoms with Crippen molar-refractivity contribution in [3.05, 3.63) is 34.3 Å². The van der Waals surface area contributed by atoms with Crippen molar-refractivity contribution in [3.63, 3.8) is 0 Å². The molecule has 0 aliphatic rings. The molecule has 0 saturated heterocycles. The lowest BCUT2D eigenvalue weighted by Gasteiger charge is -2.03. The van der Waals surface area contributed by atoms with Crippen molar-refractivity contribution >= 4 is 28.5 Å². The SMILES string of the molecule is CC(C)c1c(C(=O)O)oc2c(F)c(Cl)ccc12. The van der Waals surface area contributed by atoms with Crippen LogP contribution < -0.4 is 0 Å². The van der Waals surface area contributed by atoms with Gasteiger partial charge in [-0.1, -0.05) is 25.4 Å². The molecule has 1 N–H and O–H groups in total. The molecule has 17 heavy (non-hydrogen) atoms. The standard InChI is InChI=1S/C12H10ClFO3/c1-5(2)8-6-3-4-7(13)9(14)10(6)17-11(8)12(15)16/h3-5H,1-2H3,(H,15,16). The lowest BCUT2D eigenvalue weighted by molar-refractivity contribution is 0.0662. The van der Waals surface area contributed by atoms with Crippen LogP contribution in [0.3, 0.4) is 0 Å². The van der Waals surface area contributed by atoms with E-state index >= 15 is 0 Å². The Kier molecular flexibility index (Phi) is 2.83. The molecule has 0 aliphatic heterocycles. The number of carboxylic acid groups (broad SMARTS) is 1. The van der Waals surface area contributed by atoms with E-state index in [0.29, 0.717) is 10.9 Å². The number of benzene rings is 1. The van der Waals surface area contributed by atoms with Crippen molar-refractivity contribution < 1.29 is 18.7 Å². The maximum Gasteiger partial charge on any atom is 0.372 e. The zero-order chi connectivity index (χ0) is 12.7. The number of carbonyl (C=O) groups is 1. The molecule has 90 valence electrons. The molecule has 0 saturated carbocycles. The second kappa shape index (κ2) is 4.04. The fourth-order valence-electron chi connectivity index (χ4n) is 1.86. The summed E-state index contributed by atoms with van der Waals surface area (Å²) < 4.78 is 18.8. The van der Waals surface area contributed by atoms with Crippen LogP contribution in [-0.4, -0.2) is 11.1 Å². The van der Waals surface area contributed by atoms with E-state index < -0.39 is 11.8 Å². The van der Waals surface area contributed by atoms with Gasteiger partial charge in [-0.05, 0) is 18.1 Å². The Hall–Kier alpha value is -1.55. The number of fused-ring (bicyclic) bond motifs is 1. The van der Waals surface area contributed by atoms with E-state index in [9.17, 15) is 9.18 Å². The first-order valence-corrected chi connectivity index (χ1v) is 5.45. The van der Waals surface area contributed by atoms with Gasteiger partial charge in [-0.25, -0.2) is 9.18 Å². The minimum absolute atomic E-state index is 0.0806. The first-order chi connectivity index (χ1) is 7.93. The highest BCUT2D eigenvalue weighted by Gasteiger charge is 2.24. The first-order valence-electron chi connectivity index (χ1n) is 5.07. The largest absolute Gasteiger partial charge is 0.475 e. The van der Waals surface area contributed by atoms with Gasteiger partial charge in [0.1, 0.15) is 0 Å². The van der Waals surface area contributed by atoms with E-state index in [1.165, 1.54) is 6.07 Å². The summed E-state index contributed by atoms with van der Waals surface area (Å²) in [5.41, 5.74) is 0.390. The van der Waals surface area contributed by atoms with E-state index in [1.807, 2.05) is 13.8 Å². The second-order valence-corrected chi connectivity index (χ2v) is 4.45. The minimum atomic E-state index is -1.21. The molecule has 0 spiro atoms. The normalized spacial score (nSPS) is 11.4. The van der Waals surface area contributed by atoms with E-state index in [2.05, 4.69) is 0 Å². The zero-order valence-electron chi connectivity index (χ0n) is 9.25. The number of rotatable bonds is 2. The Bertz CT molecular complexity index is 601. The molecular formula is C12H10ClFO3. The highest BCUT2D eigenvalue weighted by atomic mass is 35.5. The zero-order valence-corrected chi connectivity index (χ0v) is 10.0. The Balaban J connectivity index is 2.89. The monoisotopic (exact) mass is 256 g/mol. The van der Waals surface area contributed by atoms with Crippen molar-refractivity contribution in [3.8, 4) is 0 Å². The third-order valence-corrected chi connectivity index (χ3v) is 2.85. The quantitative estimate of drug-likeness (QED) is 0.882. The fraction of sp³-hybridized carbons (Fsp3) is 0.250. The number of furan rings is 1. The number of carboxylic acids is 1. The van der Waals surface area contributed by atoms with Gasteiger partial charge in [0.15, 0.2) is 11.4 Å². The van der Waals surface area contributed by atoms with Crippen LogP contribution in [-0.2, 0) is 0 Å². The summed E-state index contributed by atoms with van der Waals surface area (Å²) in [7, 11) is 0. The predicted octanol–water partition coefficient (Wildman–Crippen LogP) is 4.05. The van der Waals surface area contributed by atoms with Gasteiger partial charge < -0.3 is 9.52 Å². The van der Waals surface area contributed by atoms with Crippen molar-refractivity contribution in [2.45, 2.75) is 19.8 Å². The van der Waals surface area contributed by atoms with Crippen LogP contribution in [0.5, 0.6) is 0 Å². The van der Waals surface area contributed by atoms with E-state index in [4.69, 9.17) is 21.1 Å². The molecule has 0 fully saturated rings. The van der Waals surface area contributed by atoms with Gasteiger partial charge in [0, 0.05) is 10.9 Å². The Morgan fingerprint density at radius 3 is 2.65 bits per heavy atom. The van der Waals surface area contributed by atoms with Crippen molar-refractivity contribution in [1.82, 2.24) is 0 Å². The summed E-state index contributed by atoms with van der Waals surface area (Å²) in [5.74, 6) is -2.24. The number of halogens is 2. The van der Waals surface area contributed by atoms with Crippen molar-refractivity contribution in [2.24, 2.45) is 0 Å². The van der Waals surface area contributed by atoms with Gasteiger partial charge in [0.2, 0.25) is 5.76 Å². The summed E-state index contributed by atoms with van der Waals surface area (Å²) >= 11 is 5.63. The van der Waals surface area contributed by atoms with Crippen LogP contribution >= 0.6 is 11.6 Å². The van der Waals surface area contributed by atoms with Crippen molar-refractivity contribution in [1.29, 1.82) is 0 Å². The molecule has 0 radical (unpaired) electrons. The molecule has 2 rings (SSSR count).